The lowest BCUT2D eigenvalue weighted by molar-refractivity contribution is 1.18. The molecule has 0 spiro atoms. The van der Waals surface area contributed by atoms with E-state index in [1.807, 2.05) is 0 Å². The Morgan fingerprint density at radius 1 is 0.206 bits per heavy atom. The van der Waals surface area contributed by atoms with E-state index in [0.29, 0.717) is 0 Å². The highest BCUT2D eigenvalue weighted by Gasteiger charge is 2.21. The Bertz CT molecular complexity index is 4040. The fraction of sp³-hybridized carbons (Fsp3) is 0. The van der Waals surface area contributed by atoms with Crippen molar-refractivity contribution in [2.24, 2.45) is 0 Å². The van der Waals surface area contributed by atoms with Gasteiger partial charge in [-0.1, -0.05) is 152 Å². The van der Waals surface area contributed by atoms with Crippen LogP contribution < -0.4 is 0 Å². The Kier molecular flexibility index (Phi) is 7.11. The fourth-order valence-corrected chi connectivity index (χ4v) is 10.7. The largest absolute Gasteiger partial charge is 0.309 e. The first-order valence-corrected chi connectivity index (χ1v) is 21.8. The van der Waals surface area contributed by atoms with E-state index in [0.717, 1.165) is 5.69 Å². The molecule has 0 radical (unpaired) electrons. The second-order valence-corrected chi connectivity index (χ2v) is 16.9. The highest BCUT2D eigenvalue weighted by Crippen LogP contribution is 2.43. The third-order valence-electron chi connectivity index (χ3n) is 13.6. The lowest BCUT2D eigenvalue weighted by Gasteiger charge is -2.11. The van der Waals surface area contributed by atoms with Crippen molar-refractivity contribution in [2.45, 2.75) is 0 Å². The van der Waals surface area contributed by atoms with Gasteiger partial charge in [-0.15, -0.1) is 0 Å². The normalized spacial score (nSPS) is 12.1. The molecule has 14 aromatic rings. The summed E-state index contributed by atoms with van der Waals surface area (Å²) in [5.41, 5.74) is 18.2. The van der Waals surface area contributed by atoms with Crippen LogP contribution in [0.4, 0.5) is 0 Å². The Labute approximate surface area is 362 Å². The van der Waals surface area contributed by atoms with Crippen molar-refractivity contribution in [1.29, 1.82) is 0 Å². The standard InChI is InChI=1S/C60H37N3/c1-2-13-38(14-3-1)39-25-27-40(28-26-39)41-15-12-16-44(33-41)61-54-21-8-4-17-46(54)50-34-42(29-31-58(50)61)43-30-32-59-51(35-43)47-18-5-9-22-55(47)62(59)45-36-52-48-19-6-10-23-56(48)63-57-24-11-7-20-49(57)53(37-45)60(52)63/h1-37H. The number of fused-ring (bicyclic) bond motifs is 12. The van der Waals surface area contributed by atoms with Crippen molar-refractivity contribution < 1.29 is 0 Å². The molecule has 0 aliphatic rings. The topological polar surface area (TPSA) is 14.3 Å². The quantitative estimate of drug-likeness (QED) is 0.165. The van der Waals surface area contributed by atoms with Gasteiger partial charge >= 0.3 is 0 Å². The van der Waals surface area contributed by atoms with Crippen LogP contribution in [0.25, 0.3) is 126 Å². The van der Waals surface area contributed by atoms with E-state index in [4.69, 9.17) is 0 Å². The van der Waals surface area contributed by atoms with E-state index in [9.17, 15) is 0 Å². The van der Waals surface area contributed by atoms with Crippen LogP contribution in [0.5, 0.6) is 0 Å². The number of benzene rings is 10. The van der Waals surface area contributed by atoms with Crippen LogP contribution >= 0.6 is 0 Å². The molecule has 0 aliphatic carbocycles. The van der Waals surface area contributed by atoms with Gasteiger partial charge in [-0.05, 0) is 106 Å². The molecule has 0 fully saturated rings. The van der Waals surface area contributed by atoms with Gasteiger partial charge in [0.1, 0.15) is 0 Å². The van der Waals surface area contributed by atoms with Crippen molar-refractivity contribution in [2.75, 3.05) is 0 Å². The Hall–Kier alpha value is -8.40. The van der Waals surface area contributed by atoms with Crippen LogP contribution in [0.1, 0.15) is 0 Å². The first kappa shape index (κ1) is 34.3. The Morgan fingerprint density at radius 2 is 0.587 bits per heavy atom. The minimum absolute atomic E-state index is 1.15. The van der Waals surface area contributed by atoms with Crippen LogP contribution in [-0.2, 0) is 0 Å². The summed E-state index contributed by atoms with van der Waals surface area (Å²) >= 11 is 0. The summed E-state index contributed by atoms with van der Waals surface area (Å²) in [6, 6.07) is 82.7. The minimum Gasteiger partial charge on any atom is -0.309 e. The lowest BCUT2D eigenvalue weighted by Crippen LogP contribution is -1.94. The molecule has 0 N–H and O–H groups in total. The molecule has 0 unspecified atom stereocenters. The molecule has 0 amide bonds. The van der Waals surface area contributed by atoms with Crippen molar-refractivity contribution in [3.05, 3.63) is 224 Å². The molecular weight excluding hydrogens is 763 g/mol. The molecule has 3 heteroatoms. The molecule has 0 bridgehead atoms. The van der Waals surface area contributed by atoms with Gasteiger partial charge in [-0.3, -0.25) is 0 Å². The van der Waals surface area contributed by atoms with E-state index in [2.05, 4.69) is 238 Å². The minimum atomic E-state index is 1.15. The number of para-hydroxylation sites is 4. The smallest absolute Gasteiger partial charge is 0.0622 e. The molecule has 4 heterocycles. The summed E-state index contributed by atoms with van der Waals surface area (Å²) in [6.07, 6.45) is 0. The van der Waals surface area contributed by atoms with Gasteiger partial charge in [0, 0.05) is 54.5 Å². The zero-order valence-corrected chi connectivity index (χ0v) is 34.2. The number of hydrogen-bond acceptors (Lipinski definition) is 0. The Balaban J connectivity index is 0.905. The van der Waals surface area contributed by atoms with Crippen molar-refractivity contribution in [3.8, 4) is 44.8 Å². The van der Waals surface area contributed by atoms with Gasteiger partial charge < -0.3 is 13.5 Å². The molecule has 10 aromatic carbocycles. The second-order valence-electron chi connectivity index (χ2n) is 16.9. The van der Waals surface area contributed by atoms with Crippen LogP contribution in [-0.4, -0.2) is 13.5 Å². The van der Waals surface area contributed by atoms with Gasteiger partial charge in [-0.2, -0.15) is 0 Å². The van der Waals surface area contributed by atoms with Gasteiger partial charge in [0.05, 0.1) is 38.6 Å². The van der Waals surface area contributed by atoms with Gasteiger partial charge in [-0.25, -0.2) is 0 Å². The highest BCUT2D eigenvalue weighted by atomic mass is 15.0. The predicted molar refractivity (Wildman–Crippen MR) is 266 cm³/mol. The van der Waals surface area contributed by atoms with Gasteiger partial charge in [0.2, 0.25) is 0 Å². The number of hydrogen-bond donors (Lipinski definition) is 0. The van der Waals surface area contributed by atoms with Crippen molar-refractivity contribution >= 4 is 81.7 Å². The Morgan fingerprint density at radius 3 is 1.14 bits per heavy atom. The van der Waals surface area contributed by atoms with E-state index in [-0.39, 0.29) is 0 Å². The molecule has 0 atom stereocenters. The van der Waals surface area contributed by atoms with E-state index < -0.39 is 0 Å². The van der Waals surface area contributed by atoms with Crippen LogP contribution in [0.3, 0.4) is 0 Å². The highest BCUT2D eigenvalue weighted by molar-refractivity contribution is 6.24. The fourth-order valence-electron chi connectivity index (χ4n) is 10.7. The average molecular weight is 800 g/mol. The van der Waals surface area contributed by atoms with Crippen molar-refractivity contribution in [1.82, 2.24) is 13.5 Å². The van der Waals surface area contributed by atoms with Crippen LogP contribution in [0, 0.1) is 0 Å². The van der Waals surface area contributed by atoms with Crippen LogP contribution in [0.2, 0.25) is 0 Å². The number of rotatable bonds is 5. The summed E-state index contributed by atoms with van der Waals surface area (Å²) in [7, 11) is 0. The number of nitrogens with zero attached hydrogens (tertiary/aromatic N) is 3. The average Bonchev–Trinajstić information content (AvgIpc) is 4.08. The molecular formula is C60H37N3. The predicted octanol–water partition coefficient (Wildman–Crippen LogP) is 16.0. The van der Waals surface area contributed by atoms with Crippen molar-refractivity contribution in [3.63, 3.8) is 0 Å². The first-order valence-electron chi connectivity index (χ1n) is 21.8. The van der Waals surface area contributed by atoms with Crippen LogP contribution in [0.15, 0.2) is 224 Å². The third kappa shape index (κ3) is 4.96. The maximum atomic E-state index is 2.47. The lowest BCUT2D eigenvalue weighted by atomic mass is 10.00. The van der Waals surface area contributed by atoms with Gasteiger partial charge in [0.25, 0.3) is 0 Å². The molecule has 0 aliphatic heterocycles. The zero-order valence-electron chi connectivity index (χ0n) is 34.2. The second kappa shape index (κ2) is 13.1. The maximum Gasteiger partial charge on any atom is 0.0622 e. The molecule has 3 nitrogen and oxygen atoms in total. The summed E-state index contributed by atoms with van der Waals surface area (Å²) in [6.45, 7) is 0. The summed E-state index contributed by atoms with van der Waals surface area (Å²) in [5.74, 6) is 0. The van der Waals surface area contributed by atoms with E-state index in [1.165, 1.54) is 121 Å². The number of aromatic nitrogens is 3. The van der Waals surface area contributed by atoms with E-state index in [1.54, 1.807) is 0 Å². The summed E-state index contributed by atoms with van der Waals surface area (Å²) in [5, 5.41) is 10.1. The van der Waals surface area contributed by atoms with Gasteiger partial charge in [0.15, 0.2) is 0 Å². The first-order chi connectivity index (χ1) is 31.2. The molecule has 63 heavy (non-hydrogen) atoms. The maximum absolute atomic E-state index is 2.47. The molecule has 0 saturated carbocycles. The monoisotopic (exact) mass is 799 g/mol. The SMILES string of the molecule is c1ccc(-c2ccc(-c3cccc(-n4c5ccccc5c5cc(-c6ccc7c(c6)c6ccccc6n7-c6cc7c8ccccc8n8c9ccccc9c(c6)c78)ccc54)c3)cc2)cc1. The molecule has 292 valence electrons. The molecule has 4 aromatic heterocycles. The summed E-state index contributed by atoms with van der Waals surface area (Å²) in [4.78, 5) is 0. The molecule has 0 saturated heterocycles. The zero-order chi connectivity index (χ0) is 41.2. The summed E-state index contributed by atoms with van der Waals surface area (Å²) < 4.78 is 7.35. The van der Waals surface area contributed by atoms with E-state index >= 15 is 0 Å². The molecule has 14 rings (SSSR count). The third-order valence-corrected chi connectivity index (χ3v) is 13.6.